The van der Waals surface area contributed by atoms with E-state index in [-0.39, 0.29) is 5.91 Å². The van der Waals surface area contributed by atoms with Crippen LogP contribution in [0.5, 0.6) is 0 Å². The number of carbonyl (C=O) groups excluding carboxylic acids is 1. The van der Waals surface area contributed by atoms with Gasteiger partial charge < -0.3 is 5.32 Å². The second-order valence-corrected chi connectivity index (χ2v) is 7.07. The number of hydrogen-bond acceptors (Lipinski definition) is 4. The number of fused-ring (bicyclic) bond motifs is 1. The summed E-state index contributed by atoms with van der Waals surface area (Å²) in [6, 6.07) is 6.74. The minimum absolute atomic E-state index is 0.0581. The van der Waals surface area contributed by atoms with Crippen LogP contribution in [0.25, 0.3) is 0 Å². The van der Waals surface area contributed by atoms with E-state index < -0.39 is 0 Å². The molecular formula is C19H25N5O. The molecule has 0 unspecified atom stereocenters. The van der Waals surface area contributed by atoms with Crippen molar-refractivity contribution in [2.24, 2.45) is 0 Å². The first kappa shape index (κ1) is 16.3. The maximum Gasteiger partial charge on any atom is 0.252 e. The molecule has 4 rings (SSSR count). The average molecular weight is 339 g/mol. The molecule has 0 bridgehead atoms. The van der Waals surface area contributed by atoms with Gasteiger partial charge in [0.2, 0.25) is 0 Å². The van der Waals surface area contributed by atoms with Crippen LogP contribution in [-0.2, 0) is 6.54 Å². The van der Waals surface area contributed by atoms with Crippen LogP contribution in [0.3, 0.4) is 0 Å². The smallest absolute Gasteiger partial charge is 0.252 e. The van der Waals surface area contributed by atoms with Crippen LogP contribution in [0.4, 0.5) is 0 Å². The van der Waals surface area contributed by atoms with Crippen LogP contribution in [-0.4, -0.2) is 44.7 Å². The number of amides is 1. The minimum atomic E-state index is -0.0581. The highest BCUT2D eigenvalue weighted by molar-refractivity contribution is 5.93. The van der Waals surface area contributed by atoms with Gasteiger partial charge in [0.05, 0.1) is 17.3 Å². The summed E-state index contributed by atoms with van der Waals surface area (Å²) < 4.78 is 2.15. The van der Waals surface area contributed by atoms with Crippen LogP contribution in [0.1, 0.15) is 54.2 Å². The van der Waals surface area contributed by atoms with Gasteiger partial charge in [-0.15, -0.1) is 0 Å². The topological polar surface area (TPSA) is 63.1 Å². The van der Waals surface area contributed by atoms with Crippen molar-refractivity contribution in [1.29, 1.82) is 0 Å². The molecule has 1 fully saturated rings. The first-order valence-electron chi connectivity index (χ1n) is 9.26. The zero-order chi connectivity index (χ0) is 17.1. The fourth-order valence-electron chi connectivity index (χ4n) is 4.13. The summed E-state index contributed by atoms with van der Waals surface area (Å²) in [5, 5.41) is 7.54. The Balaban J connectivity index is 1.37. The van der Waals surface area contributed by atoms with Gasteiger partial charge in [0.25, 0.3) is 5.91 Å². The normalized spacial score (nSPS) is 21.2. The van der Waals surface area contributed by atoms with E-state index in [0.29, 0.717) is 18.2 Å². The Labute approximate surface area is 148 Å². The molecule has 2 aromatic heterocycles. The minimum Gasteiger partial charge on any atom is -0.352 e. The highest BCUT2D eigenvalue weighted by Gasteiger charge is 2.31. The highest BCUT2D eigenvalue weighted by Crippen LogP contribution is 2.30. The van der Waals surface area contributed by atoms with Crippen molar-refractivity contribution < 1.29 is 4.79 Å². The highest BCUT2D eigenvalue weighted by atomic mass is 16.1. The molecule has 0 spiro atoms. The van der Waals surface area contributed by atoms with Gasteiger partial charge in [0, 0.05) is 44.3 Å². The summed E-state index contributed by atoms with van der Waals surface area (Å²) >= 11 is 0. The third-order valence-corrected chi connectivity index (χ3v) is 5.44. The summed E-state index contributed by atoms with van der Waals surface area (Å²) in [5.74, 6) is -0.0581. The molecule has 25 heavy (non-hydrogen) atoms. The number of carbonyl (C=O) groups is 1. The van der Waals surface area contributed by atoms with E-state index in [1.54, 1.807) is 24.5 Å². The molecule has 0 saturated heterocycles. The Morgan fingerprint density at radius 3 is 2.92 bits per heavy atom. The maximum absolute atomic E-state index is 12.2. The zero-order valence-corrected chi connectivity index (χ0v) is 14.5. The van der Waals surface area contributed by atoms with Crippen molar-refractivity contribution in [3.05, 3.63) is 48.0 Å². The van der Waals surface area contributed by atoms with Crippen LogP contribution >= 0.6 is 0 Å². The van der Waals surface area contributed by atoms with Gasteiger partial charge in [0.1, 0.15) is 0 Å². The van der Waals surface area contributed by atoms with Crippen molar-refractivity contribution in [3.63, 3.8) is 0 Å². The summed E-state index contributed by atoms with van der Waals surface area (Å²) in [4.78, 5) is 18.8. The monoisotopic (exact) mass is 339 g/mol. The molecule has 3 heterocycles. The molecular weight excluding hydrogens is 314 g/mol. The van der Waals surface area contributed by atoms with E-state index in [2.05, 4.69) is 31.0 Å². The molecule has 1 saturated carbocycles. The molecule has 1 N–H and O–H groups in total. The molecule has 1 aliphatic carbocycles. The van der Waals surface area contributed by atoms with Crippen LogP contribution in [0.15, 0.2) is 36.8 Å². The van der Waals surface area contributed by atoms with Crippen LogP contribution in [0.2, 0.25) is 0 Å². The number of pyridine rings is 1. The number of hydrogen-bond donors (Lipinski definition) is 1. The van der Waals surface area contributed by atoms with Crippen LogP contribution < -0.4 is 5.32 Å². The van der Waals surface area contributed by atoms with E-state index >= 15 is 0 Å². The van der Waals surface area contributed by atoms with Gasteiger partial charge in [0.15, 0.2) is 0 Å². The molecule has 2 aliphatic rings. The Morgan fingerprint density at radius 1 is 1.24 bits per heavy atom. The lowest BCUT2D eigenvalue weighted by Crippen LogP contribution is -2.43. The summed E-state index contributed by atoms with van der Waals surface area (Å²) in [5.41, 5.74) is 1.90. The van der Waals surface area contributed by atoms with Gasteiger partial charge in [-0.3, -0.25) is 19.4 Å². The number of nitrogens with zero attached hydrogens (tertiary/aromatic N) is 4. The summed E-state index contributed by atoms with van der Waals surface area (Å²) in [7, 11) is 0. The van der Waals surface area contributed by atoms with E-state index in [4.69, 9.17) is 0 Å². The molecule has 1 atom stereocenters. The van der Waals surface area contributed by atoms with Crippen molar-refractivity contribution in [2.75, 3.05) is 13.1 Å². The Bertz CT molecular complexity index is 708. The number of rotatable bonds is 5. The first-order valence-corrected chi connectivity index (χ1v) is 9.26. The van der Waals surface area contributed by atoms with Gasteiger partial charge in [-0.25, -0.2) is 0 Å². The van der Waals surface area contributed by atoms with Gasteiger partial charge in [-0.1, -0.05) is 12.8 Å². The van der Waals surface area contributed by atoms with Crippen molar-refractivity contribution in [2.45, 2.75) is 50.7 Å². The van der Waals surface area contributed by atoms with Gasteiger partial charge in [-0.05, 0) is 37.5 Å². The van der Waals surface area contributed by atoms with Crippen LogP contribution in [0, 0.1) is 0 Å². The SMILES string of the molecule is O=C(NCC[C@H]1CN(C2CCCC2)Cc2ccnn21)c1cccnc1. The predicted molar refractivity (Wildman–Crippen MR) is 95.1 cm³/mol. The quantitative estimate of drug-likeness (QED) is 0.908. The van der Waals surface area contributed by atoms with E-state index in [0.717, 1.165) is 25.6 Å². The Kier molecular flexibility index (Phi) is 4.78. The fourth-order valence-corrected chi connectivity index (χ4v) is 4.13. The second-order valence-electron chi connectivity index (χ2n) is 7.07. The maximum atomic E-state index is 12.2. The molecule has 0 aromatic carbocycles. The Morgan fingerprint density at radius 2 is 2.12 bits per heavy atom. The third-order valence-electron chi connectivity index (χ3n) is 5.44. The molecule has 132 valence electrons. The van der Waals surface area contributed by atoms with Gasteiger partial charge >= 0.3 is 0 Å². The Hall–Kier alpha value is -2.21. The van der Waals surface area contributed by atoms with Crippen molar-refractivity contribution in [1.82, 2.24) is 25.0 Å². The molecule has 2 aromatic rings. The number of nitrogens with one attached hydrogen (secondary N) is 1. The lowest BCUT2D eigenvalue weighted by Gasteiger charge is -2.37. The average Bonchev–Trinajstić information content (AvgIpc) is 3.33. The molecule has 6 nitrogen and oxygen atoms in total. The molecule has 0 radical (unpaired) electrons. The van der Waals surface area contributed by atoms with Crippen molar-refractivity contribution >= 4 is 5.91 Å². The third kappa shape index (κ3) is 3.58. The fraction of sp³-hybridized carbons (Fsp3) is 0.526. The second kappa shape index (κ2) is 7.35. The molecule has 6 heteroatoms. The van der Waals surface area contributed by atoms with Crippen molar-refractivity contribution in [3.8, 4) is 0 Å². The molecule has 1 amide bonds. The first-order chi connectivity index (χ1) is 12.3. The largest absolute Gasteiger partial charge is 0.352 e. The van der Waals surface area contributed by atoms with E-state index in [1.165, 1.54) is 31.4 Å². The lowest BCUT2D eigenvalue weighted by molar-refractivity contribution is 0.0939. The summed E-state index contributed by atoms with van der Waals surface area (Å²) in [6.07, 6.45) is 11.4. The number of aromatic nitrogens is 3. The van der Waals surface area contributed by atoms with Gasteiger partial charge in [-0.2, -0.15) is 5.10 Å². The van der Waals surface area contributed by atoms with E-state index in [1.807, 2.05) is 6.20 Å². The standard InChI is InChI=1S/C19H25N5O/c25-19(15-4-3-9-20-12-15)21-10-7-17-13-23(16-5-1-2-6-16)14-18-8-11-22-24(17)18/h3-4,8-9,11-12,16-17H,1-2,5-7,10,13-14H2,(H,21,25)/t17-/m0/s1. The summed E-state index contributed by atoms with van der Waals surface area (Å²) in [6.45, 7) is 2.68. The lowest BCUT2D eigenvalue weighted by atomic mass is 10.1. The zero-order valence-electron chi connectivity index (χ0n) is 14.5. The van der Waals surface area contributed by atoms with E-state index in [9.17, 15) is 4.79 Å². The predicted octanol–water partition coefficient (Wildman–Crippen LogP) is 2.40. The molecule has 1 aliphatic heterocycles.